The lowest BCUT2D eigenvalue weighted by atomic mass is 10.1. The van der Waals surface area contributed by atoms with Gasteiger partial charge in [0.15, 0.2) is 0 Å². The van der Waals surface area contributed by atoms with E-state index in [1.54, 1.807) is 4.68 Å². The summed E-state index contributed by atoms with van der Waals surface area (Å²) < 4.78 is 1.81. The zero-order valence-corrected chi connectivity index (χ0v) is 16.9. The van der Waals surface area contributed by atoms with E-state index >= 15 is 0 Å². The lowest BCUT2D eigenvalue weighted by Gasteiger charge is -2.34. The molecule has 0 amide bonds. The Hall–Kier alpha value is -3.19. The number of hydrogen-bond acceptors (Lipinski definition) is 5. The molecule has 0 atom stereocenters. The van der Waals surface area contributed by atoms with Crippen molar-refractivity contribution in [3.05, 3.63) is 52.4 Å². The van der Waals surface area contributed by atoms with Crippen LogP contribution in [0.1, 0.15) is 5.56 Å². The normalized spacial score (nSPS) is 15.5. The first-order valence-electron chi connectivity index (χ1n) is 9.90. The van der Waals surface area contributed by atoms with Crippen LogP contribution >= 0.6 is 0 Å². The van der Waals surface area contributed by atoms with Crippen LogP contribution in [-0.4, -0.2) is 57.9 Å². The average molecular weight is 388 g/mol. The van der Waals surface area contributed by atoms with Gasteiger partial charge in [-0.2, -0.15) is 5.10 Å². The maximum Gasteiger partial charge on any atom is 0.259 e. The van der Waals surface area contributed by atoms with Crippen LogP contribution in [0.3, 0.4) is 0 Å². The van der Waals surface area contributed by atoms with Crippen LogP contribution in [0.25, 0.3) is 33.2 Å². The van der Waals surface area contributed by atoms with E-state index in [-0.39, 0.29) is 5.56 Å². The number of aromatic nitrogens is 4. The van der Waals surface area contributed by atoms with E-state index in [0.29, 0.717) is 11.2 Å². The van der Waals surface area contributed by atoms with Gasteiger partial charge < -0.3 is 14.8 Å². The number of fused-ring (bicyclic) bond motifs is 2. The van der Waals surface area contributed by atoms with Gasteiger partial charge in [-0.05, 0) is 49.9 Å². The van der Waals surface area contributed by atoms with Gasteiger partial charge in [-0.1, -0.05) is 0 Å². The number of nitrogens with one attached hydrogen (secondary N) is 1. The maximum atomic E-state index is 12.7. The minimum absolute atomic E-state index is 0.112. The first-order valence-corrected chi connectivity index (χ1v) is 9.90. The highest BCUT2D eigenvalue weighted by molar-refractivity contribution is 5.87. The third-order valence-electron chi connectivity index (χ3n) is 5.75. The molecule has 0 unspecified atom stereocenters. The van der Waals surface area contributed by atoms with Crippen molar-refractivity contribution in [2.75, 3.05) is 38.1 Å². The van der Waals surface area contributed by atoms with Crippen LogP contribution in [0.5, 0.6) is 0 Å². The predicted octanol–water partition coefficient (Wildman–Crippen LogP) is 2.54. The minimum atomic E-state index is -0.112. The molecular formula is C22H24N6O. The molecule has 2 aromatic heterocycles. The third-order valence-corrected chi connectivity index (χ3v) is 5.75. The summed E-state index contributed by atoms with van der Waals surface area (Å²) in [4.78, 5) is 25.2. The molecule has 29 heavy (non-hydrogen) atoms. The summed E-state index contributed by atoms with van der Waals surface area (Å²) in [5.41, 5.74) is 4.66. The standard InChI is InChI=1S/C22H24N6O/c1-14-10-15(11-16-13-27(3)25-20(14)16)21-23-19-12-17(4-5-18(19)22(29)24-21)28-8-6-26(2)7-9-28/h4-5,10-13H,6-9H2,1-3H3,(H,23,24,29). The number of nitrogens with zero attached hydrogens (tertiary/aromatic N) is 5. The summed E-state index contributed by atoms with van der Waals surface area (Å²) in [6.45, 7) is 6.07. The van der Waals surface area contributed by atoms with Crippen molar-refractivity contribution in [2.24, 2.45) is 7.05 Å². The van der Waals surface area contributed by atoms with E-state index in [9.17, 15) is 4.79 Å². The van der Waals surface area contributed by atoms with E-state index < -0.39 is 0 Å². The molecule has 0 bridgehead atoms. The molecule has 2 aromatic carbocycles. The van der Waals surface area contributed by atoms with Gasteiger partial charge >= 0.3 is 0 Å². The molecule has 1 aliphatic heterocycles. The quantitative estimate of drug-likeness (QED) is 0.571. The predicted molar refractivity (Wildman–Crippen MR) is 117 cm³/mol. The Balaban J connectivity index is 1.60. The van der Waals surface area contributed by atoms with Gasteiger partial charge in [0, 0.05) is 56.1 Å². The van der Waals surface area contributed by atoms with Crippen LogP contribution < -0.4 is 10.5 Å². The number of aromatic amines is 1. The zero-order valence-electron chi connectivity index (χ0n) is 16.9. The number of rotatable bonds is 2. The number of likely N-dealkylation sites (N-methyl/N-ethyl adjacent to an activating group) is 1. The van der Waals surface area contributed by atoms with E-state index in [1.807, 2.05) is 50.5 Å². The summed E-state index contributed by atoms with van der Waals surface area (Å²) in [6.07, 6.45) is 1.98. The van der Waals surface area contributed by atoms with Crippen molar-refractivity contribution in [2.45, 2.75) is 6.92 Å². The Morgan fingerprint density at radius 3 is 2.62 bits per heavy atom. The molecule has 0 spiro atoms. The molecule has 3 heterocycles. The topological polar surface area (TPSA) is 70.1 Å². The van der Waals surface area contributed by atoms with Crippen molar-refractivity contribution in [1.82, 2.24) is 24.6 Å². The van der Waals surface area contributed by atoms with E-state index in [4.69, 9.17) is 4.98 Å². The van der Waals surface area contributed by atoms with Crippen LogP contribution in [0, 0.1) is 6.92 Å². The zero-order chi connectivity index (χ0) is 20.1. The molecule has 1 fully saturated rings. The Labute approximate surface area is 168 Å². The highest BCUT2D eigenvalue weighted by Crippen LogP contribution is 2.26. The molecule has 0 radical (unpaired) electrons. The van der Waals surface area contributed by atoms with Crippen molar-refractivity contribution >= 4 is 27.5 Å². The molecule has 7 heteroatoms. The number of hydrogen-bond donors (Lipinski definition) is 1. The molecule has 4 aromatic rings. The fraction of sp³-hybridized carbons (Fsp3) is 0.318. The maximum absolute atomic E-state index is 12.7. The fourth-order valence-corrected chi connectivity index (χ4v) is 4.09. The Kier molecular flexibility index (Phi) is 4.13. The molecule has 148 valence electrons. The second kappa shape index (κ2) is 6.70. The number of benzene rings is 2. The lowest BCUT2D eigenvalue weighted by Crippen LogP contribution is -2.44. The fourth-order valence-electron chi connectivity index (χ4n) is 4.09. The van der Waals surface area contributed by atoms with Crippen LogP contribution in [0.2, 0.25) is 0 Å². The monoisotopic (exact) mass is 388 g/mol. The molecule has 1 N–H and O–H groups in total. The van der Waals surface area contributed by atoms with Crippen LogP contribution in [-0.2, 0) is 7.05 Å². The van der Waals surface area contributed by atoms with Crippen molar-refractivity contribution in [3.63, 3.8) is 0 Å². The second-order valence-electron chi connectivity index (χ2n) is 7.94. The summed E-state index contributed by atoms with van der Waals surface area (Å²) in [7, 11) is 4.06. The van der Waals surface area contributed by atoms with E-state index in [1.165, 1.54) is 0 Å². The Morgan fingerprint density at radius 1 is 1.03 bits per heavy atom. The average Bonchev–Trinajstić information content (AvgIpc) is 3.09. The molecule has 7 nitrogen and oxygen atoms in total. The number of piperazine rings is 1. The summed E-state index contributed by atoms with van der Waals surface area (Å²) in [5.74, 6) is 0.590. The summed E-state index contributed by atoms with van der Waals surface area (Å²) >= 11 is 0. The van der Waals surface area contributed by atoms with Crippen LogP contribution in [0.15, 0.2) is 41.3 Å². The van der Waals surface area contributed by atoms with E-state index in [2.05, 4.69) is 26.9 Å². The van der Waals surface area contributed by atoms with Gasteiger partial charge in [-0.3, -0.25) is 9.48 Å². The number of anilines is 1. The number of H-pyrrole nitrogens is 1. The molecule has 0 saturated carbocycles. The minimum Gasteiger partial charge on any atom is -0.369 e. The van der Waals surface area contributed by atoms with Gasteiger partial charge in [0.25, 0.3) is 5.56 Å². The lowest BCUT2D eigenvalue weighted by molar-refractivity contribution is 0.313. The van der Waals surface area contributed by atoms with Gasteiger partial charge in [0.2, 0.25) is 0 Å². The molecule has 5 rings (SSSR count). The van der Waals surface area contributed by atoms with E-state index in [0.717, 1.165) is 59.4 Å². The van der Waals surface area contributed by atoms with Gasteiger partial charge in [-0.25, -0.2) is 4.98 Å². The Morgan fingerprint density at radius 2 is 1.83 bits per heavy atom. The Bertz CT molecular complexity index is 1280. The number of aryl methyl sites for hydroxylation is 2. The summed E-state index contributed by atoms with van der Waals surface area (Å²) in [5, 5.41) is 6.15. The SMILES string of the molecule is Cc1cc(-c2nc3cc(N4CCN(C)CC4)ccc3c(=O)[nH]2)cc2cn(C)nc12. The molecule has 1 aliphatic rings. The largest absolute Gasteiger partial charge is 0.369 e. The first kappa shape index (κ1) is 17.9. The van der Waals surface area contributed by atoms with Gasteiger partial charge in [0.05, 0.1) is 16.4 Å². The van der Waals surface area contributed by atoms with Crippen molar-refractivity contribution < 1.29 is 0 Å². The second-order valence-corrected chi connectivity index (χ2v) is 7.94. The molecule has 1 saturated heterocycles. The molecular weight excluding hydrogens is 364 g/mol. The third kappa shape index (κ3) is 3.17. The van der Waals surface area contributed by atoms with Gasteiger partial charge in [-0.15, -0.1) is 0 Å². The smallest absolute Gasteiger partial charge is 0.259 e. The van der Waals surface area contributed by atoms with Crippen molar-refractivity contribution in [1.29, 1.82) is 0 Å². The highest BCUT2D eigenvalue weighted by atomic mass is 16.1. The van der Waals surface area contributed by atoms with Crippen LogP contribution in [0.4, 0.5) is 5.69 Å². The van der Waals surface area contributed by atoms with Gasteiger partial charge in [0.1, 0.15) is 5.82 Å². The highest BCUT2D eigenvalue weighted by Gasteiger charge is 2.16. The van der Waals surface area contributed by atoms with Crippen molar-refractivity contribution in [3.8, 4) is 11.4 Å². The molecule has 0 aliphatic carbocycles. The first-order chi connectivity index (χ1) is 14.0. The summed E-state index contributed by atoms with van der Waals surface area (Å²) in [6, 6.07) is 10.0.